The summed E-state index contributed by atoms with van der Waals surface area (Å²) in [5.74, 6) is 1.45. The van der Waals surface area contributed by atoms with Crippen LogP contribution in [0.25, 0.3) is 0 Å². The highest BCUT2D eigenvalue weighted by Gasteiger charge is 2.09. The van der Waals surface area contributed by atoms with E-state index in [0.29, 0.717) is 5.82 Å². The van der Waals surface area contributed by atoms with Gasteiger partial charge in [0, 0.05) is 19.7 Å². The predicted molar refractivity (Wildman–Crippen MR) is 57.8 cm³/mol. The topological polar surface area (TPSA) is 93.4 Å². The Labute approximate surface area is 82.7 Å². The first-order chi connectivity index (χ1) is 6.56. The first-order valence-electron chi connectivity index (χ1n) is 4.12. The average Bonchev–Trinajstić information content (AvgIpc) is 2.10. The summed E-state index contributed by atoms with van der Waals surface area (Å²) < 4.78 is 0. The zero-order chi connectivity index (χ0) is 10.7. The van der Waals surface area contributed by atoms with Gasteiger partial charge in [0.05, 0.1) is 6.34 Å². The van der Waals surface area contributed by atoms with Crippen molar-refractivity contribution >= 4 is 23.9 Å². The molecular formula is C8H14N6. The fraction of sp³-hybridized carbons (Fsp3) is 0.375. The van der Waals surface area contributed by atoms with Crippen molar-refractivity contribution in [1.82, 2.24) is 9.97 Å². The molecule has 0 aliphatic heterocycles. The molecule has 6 nitrogen and oxygen atoms in total. The lowest BCUT2D eigenvalue weighted by Gasteiger charge is -2.15. The van der Waals surface area contributed by atoms with Crippen molar-refractivity contribution in [2.24, 2.45) is 10.7 Å². The van der Waals surface area contributed by atoms with Gasteiger partial charge in [0.15, 0.2) is 5.82 Å². The van der Waals surface area contributed by atoms with Crippen molar-refractivity contribution in [3.8, 4) is 0 Å². The van der Waals surface area contributed by atoms with E-state index in [9.17, 15) is 0 Å². The summed E-state index contributed by atoms with van der Waals surface area (Å²) >= 11 is 0. The maximum absolute atomic E-state index is 5.53. The predicted octanol–water partition coefficient (Wildman–Crippen LogP) is 0.0517. The molecule has 1 aromatic rings. The summed E-state index contributed by atoms with van der Waals surface area (Å²) in [6, 6.07) is 0. The normalized spacial score (nSPS) is 10.8. The van der Waals surface area contributed by atoms with E-state index in [-0.39, 0.29) is 5.95 Å². The van der Waals surface area contributed by atoms with E-state index in [1.54, 1.807) is 0 Å². The molecule has 0 bridgehead atoms. The lowest BCUT2D eigenvalue weighted by Crippen LogP contribution is -2.14. The Kier molecular flexibility index (Phi) is 2.85. The van der Waals surface area contributed by atoms with Gasteiger partial charge in [0.2, 0.25) is 5.95 Å². The minimum Gasteiger partial charge on any atom is -0.390 e. The second kappa shape index (κ2) is 3.91. The third-order valence-corrected chi connectivity index (χ3v) is 1.73. The van der Waals surface area contributed by atoms with Gasteiger partial charge < -0.3 is 16.4 Å². The Morgan fingerprint density at radius 1 is 1.36 bits per heavy atom. The highest BCUT2D eigenvalue weighted by Crippen LogP contribution is 2.24. The third kappa shape index (κ3) is 1.90. The van der Waals surface area contributed by atoms with E-state index in [2.05, 4.69) is 15.0 Å². The van der Waals surface area contributed by atoms with Crippen molar-refractivity contribution < 1.29 is 0 Å². The van der Waals surface area contributed by atoms with Crippen LogP contribution >= 0.6 is 0 Å². The minimum absolute atomic E-state index is 0.194. The molecule has 0 atom stereocenters. The molecule has 0 amide bonds. The lowest BCUT2D eigenvalue weighted by molar-refractivity contribution is 1.02. The summed E-state index contributed by atoms with van der Waals surface area (Å²) in [4.78, 5) is 13.8. The van der Waals surface area contributed by atoms with Gasteiger partial charge in [0.25, 0.3) is 0 Å². The summed E-state index contributed by atoms with van der Waals surface area (Å²) in [5.41, 5.74) is 11.6. The number of hydrogen-bond donors (Lipinski definition) is 2. The molecule has 1 aromatic heterocycles. The van der Waals surface area contributed by atoms with Gasteiger partial charge in [-0.3, -0.25) is 0 Å². The Balaban J connectivity index is 3.32. The number of nitrogens with zero attached hydrogens (tertiary/aromatic N) is 4. The largest absolute Gasteiger partial charge is 0.390 e. The molecule has 6 heteroatoms. The van der Waals surface area contributed by atoms with E-state index < -0.39 is 0 Å². The van der Waals surface area contributed by atoms with Crippen molar-refractivity contribution in [1.29, 1.82) is 0 Å². The molecule has 0 unspecified atom stereocenters. The van der Waals surface area contributed by atoms with E-state index in [0.717, 1.165) is 11.4 Å². The van der Waals surface area contributed by atoms with Gasteiger partial charge >= 0.3 is 0 Å². The zero-order valence-corrected chi connectivity index (χ0v) is 8.52. The van der Waals surface area contributed by atoms with Gasteiger partial charge in [0.1, 0.15) is 5.82 Å². The molecule has 0 aliphatic carbocycles. The number of nitrogen functional groups attached to an aromatic ring is 1. The molecule has 0 fully saturated rings. The number of hydrogen-bond acceptors (Lipinski definition) is 5. The molecule has 0 aliphatic rings. The van der Waals surface area contributed by atoms with Crippen LogP contribution in [0, 0.1) is 6.92 Å². The van der Waals surface area contributed by atoms with Crippen LogP contribution < -0.4 is 16.4 Å². The monoisotopic (exact) mass is 194 g/mol. The fourth-order valence-corrected chi connectivity index (χ4v) is 1.14. The summed E-state index contributed by atoms with van der Waals surface area (Å²) in [6.07, 6.45) is 1.19. The van der Waals surface area contributed by atoms with Crippen LogP contribution in [-0.2, 0) is 0 Å². The lowest BCUT2D eigenvalue weighted by atomic mass is 10.3. The molecule has 0 spiro atoms. The SMILES string of the molecule is Cc1c(N=CN)nc(N)nc1N(C)C. The first-order valence-corrected chi connectivity index (χ1v) is 4.12. The van der Waals surface area contributed by atoms with Crippen molar-refractivity contribution in [2.75, 3.05) is 24.7 Å². The van der Waals surface area contributed by atoms with Gasteiger partial charge in [-0.1, -0.05) is 0 Å². The highest BCUT2D eigenvalue weighted by molar-refractivity contribution is 5.64. The molecule has 0 saturated carbocycles. The van der Waals surface area contributed by atoms with Crippen LogP contribution in [0.3, 0.4) is 0 Å². The van der Waals surface area contributed by atoms with Crippen LogP contribution in [0.5, 0.6) is 0 Å². The Morgan fingerprint density at radius 3 is 2.50 bits per heavy atom. The molecule has 0 saturated heterocycles. The maximum Gasteiger partial charge on any atom is 0.224 e. The highest BCUT2D eigenvalue weighted by atomic mass is 15.2. The molecule has 1 rings (SSSR count). The number of anilines is 2. The number of aliphatic imine (C=N–C) groups is 1. The smallest absolute Gasteiger partial charge is 0.224 e. The Morgan fingerprint density at radius 2 is 2.00 bits per heavy atom. The number of aromatic nitrogens is 2. The third-order valence-electron chi connectivity index (χ3n) is 1.73. The van der Waals surface area contributed by atoms with E-state index in [1.165, 1.54) is 6.34 Å². The molecular weight excluding hydrogens is 180 g/mol. The summed E-state index contributed by atoms with van der Waals surface area (Å²) in [7, 11) is 3.76. The van der Waals surface area contributed by atoms with Gasteiger partial charge in [-0.2, -0.15) is 9.97 Å². The molecule has 4 N–H and O–H groups in total. The zero-order valence-electron chi connectivity index (χ0n) is 8.52. The summed E-state index contributed by atoms with van der Waals surface area (Å²) in [5, 5.41) is 0. The van der Waals surface area contributed by atoms with Crippen LogP contribution in [0.15, 0.2) is 4.99 Å². The second-order valence-corrected chi connectivity index (χ2v) is 3.03. The van der Waals surface area contributed by atoms with Crippen LogP contribution in [-0.4, -0.2) is 30.4 Å². The van der Waals surface area contributed by atoms with Gasteiger partial charge in [-0.25, -0.2) is 4.99 Å². The number of rotatable bonds is 2. The van der Waals surface area contributed by atoms with Crippen LogP contribution in [0.1, 0.15) is 5.56 Å². The van der Waals surface area contributed by atoms with E-state index in [4.69, 9.17) is 11.5 Å². The first kappa shape index (κ1) is 10.2. The van der Waals surface area contributed by atoms with E-state index in [1.807, 2.05) is 25.9 Å². The molecule has 1 heterocycles. The van der Waals surface area contributed by atoms with Crippen molar-refractivity contribution in [3.63, 3.8) is 0 Å². The van der Waals surface area contributed by atoms with E-state index >= 15 is 0 Å². The summed E-state index contributed by atoms with van der Waals surface area (Å²) in [6.45, 7) is 1.87. The van der Waals surface area contributed by atoms with Crippen LogP contribution in [0.4, 0.5) is 17.6 Å². The standard InChI is InChI=1S/C8H14N6/c1-5-6(11-4-9)12-8(10)13-7(5)14(2)3/h4H,1-3H3,(H4,9,10,11,12,13). The van der Waals surface area contributed by atoms with Gasteiger partial charge in [-0.15, -0.1) is 0 Å². The Bertz CT molecular complexity index is 357. The molecule has 76 valence electrons. The van der Waals surface area contributed by atoms with Gasteiger partial charge in [-0.05, 0) is 6.92 Å². The van der Waals surface area contributed by atoms with Crippen molar-refractivity contribution in [3.05, 3.63) is 5.56 Å². The van der Waals surface area contributed by atoms with Crippen molar-refractivity contribution in [2.45, 2.75) is 6.92 Å². The molecule has 0 radical (unpaired) electrons. The second-order valence-electron chi connectivity index (χ2n) is 3.03. The average molecular weight is 194 g/mol. The fourth-order valence-electron chi connectivity index (χ4n) is 1.14. The number of nitrogens with two attached hydrogens (primary N) is 2. The maximum atomic E-state index is 5.53. The Hall–Kier alpha value is -1.85. The quantitative estimate of drug-likeness (QED) is 0.512. The molecule has 0 aromatic carbocycles. The minimum atomic E-state index is 0.194. The van der Waals surface area contributed by atoms with Crippen LogP contribution in [0.2, 0.25) is 0 Å². The molecule has 14 heavy (non-hydrogen) atoms.